The molecule has 0 amide bonds. The molecule has 2 atom stereocenters. The summed E-state index contributed by atoms with van der Waals surface area (Å²) in [4.78, 5) is 2.44. The maximum atomic E-state index is 6.02. The third-order valence-corrected chi connectivity index (χ3v) is 3.88. The van der Waals surface area contributed by atoms with Gasteiger partial charge in [-0.25, -0.2) is 0 Å². The van der Waals surface area contributed by atoms with E-state index in [9.17, 15) is 0 Å². The minimum Gasteiger partial charge on any atom is -0.379 e. The Hall–Kier alpha value is -0.120. The number of hydrogen-bond donors (Lipinski definition) is 0. The molecule has 0 aromatic heterocycles. The van der Waals surface area contributed by atoms with E-state index in [1.807, 2.05) is 0 Å². The second-order valence-electron chi connectivity index (χ2n) is 5.12. The van der Waals surface area contributed by atoms with Gasteiger partial charge in [-0.05, 0) is 18.8 Å². The Bertz CT molecular complexity index is 192. The van der Waals surface area contributed by atoms with Crippen molar-refractivity contribution in [1.82, 2.24) is 4.90 Å². The first kappa shape index (κ1) is 12.3. The Morgan fingerprint density at radius 3 is 2.69 bits per heavy atom. The van der Waals surface area contributed by atoms with E-state index >= 15 is 0 Å². The zero-order valence-electron chi connectivity index (χ0n) is 10.5. The zero-order chi connectivity index (χ0) is 11.2. The van der Waals surface area contributed by atoms with Crippen molar-refractivity contribution >= 4 is 0 Å². The maximum Gasteiger partial charge on any atom is 0.0601 e. The highest BCUT2D eigenvalue weighted by molar-refractivity contribution is 4.72. The lowest BCUT2D eigenvalue weighted by atomic mass is 9.88. The van der Waals surface area contributed by atoms with Gasteiger partial charge in [-0.15, -0.1) is 0 Å². The quantitative estimate of drug-likeness (QED) is 0.732. The van der Waals surface area contributed by atoms with Crippen molar-refractivity contribution < 1.29 is 9.47 Å². The van der Waals surface area contributed by atoms with Crippen molar-refractivity contribution in [2.75, 3.05) is 39.5 Å². The summed E-state index contributed by atoms with van der Waals surface area (Å²) < 4.78 is 11.3. The third kappa shape index (κ3) is 3.72. The lowest BCUT2D eigenvalue weighted by molar-refractivity contribution is -0.0276. The van der Waals surface area contributed by atoms with E-state index in [4.69, 9.17) is 9.47 Å². The van der Waals surface area contributed by atoms with E-state index in [1.54, 1.807) is 0 Å². The molecule has 1 aliphatic heterocycles. The highest BCUT2D eigenvalue weighted by Gasteiger charge is 2.21. The highest BCUT2D eigenvalue weighted by atomic mass is 16.5. The monoisotopic (exact) mass is 227 g/mol. The van der Waals surface area contributed by atoms with Gasteiger partial charge in [0, 0.05) is 19.6 Å². The molecule has 0 N–H and O–H groups in total. The van der Waals surface area contributed by atoms with Crippen LogP contribution in [0.4, 0.5) is 0 Å². The minimum atomic E-state index is 0.523. The van der Waals surface area contributed by atoms with E-state index in [2.05, 4.69) is 11.8 Å². The molecule has 1 heterocycles. The SMILES string of the molecule is C[C@H]1CCCC[C@H]1OCCN1CCOCC1. The van der Waals surface area contributed by atoms with E-state index in [0.29, 0.717) is 6.10 Å². The van der Waals surface area contributed by atoms with Gasteiger partial charge in [0.05, 0.1) is 25.9 Å². The molecule has 0 aromatic carbocycles. The van der Waals surface area contributed by atoms with Crippen LogP contribution in [0.2, 0.25) is 0 Å². The normalized spacial score (nSPS) is 32.8. The summed E-state index contributed by atoms with van der Waals surface area (Å²) >= 11 is 0. The number of nitrogens with zero attached hydrogens (tertiary/aromatic N) is 1. The Morgan fingerprint density at radius 1 is 1.19 bits per heavy atom. The van der Waals surface area contributed by atoms with Crippen molar-refractivity contribution in [3.05, 3.63) is 0 Å². The van der Waals surface area contributed by atoms with Gasteiger partial charge in [0.1, 0.15) is 0 Å². The second kappa shape index (κ2) is 6.58. The molecule has 3 heteroatoms. The smallest absolute Gasteiger partial charge is 0.0601 e. The molecule has 16 heavy (non-hydrogen) atoms. The van der Waals surface area contributed by atoms with Crippen molar-refractivity contribution in [3.8, 4) is 0 Å². The summed E-state index contributed by atoms with van der Waals surface area (Å²) in [5.74, 6) is 0.762. The number of hydrogen-bond acceptors (Lipinski definition) is 3. The Kier molecular flexibility index (Phi) is 5.07. The van der Waals surface area contributed by atoms with Crippen LogP contribution in [0.1, 0.15) is 32.6 Å². The van der Waals surface area contributed by atoms with Crippen LogP contribution in [-0.2, 0) is 9.47 Å². The molecule has 2 fully saturated rings. The van der Waals surface area contributed by atoms with Gasteiger partial charge in [-0.2, -0.15) is 0 Å². The molecular weight excluding hydrogens is 202 g/mol. The van der Waals surface area contributed by atoms with Crippen molar-refractivity contribution in [1.29, 1.82) is 0 Å². The summed E-state index contributed by atoms with van der Waals surface area (Å²) in [6, 6.07) is 0. The fourth-order valence-electron chi connectivity index (χ4n) is 2.69. The summed E-state index contributed by atoms with van der Waals surface area (Å²) in [5, 5.41) is 0. The van der Waals surface area contributed by atoms with Gasteiger partial charge in [-0.3, -0.25) is 4.90 Å². The fourth-order valence-corrected chi connectivity index (χ4v) is 2.69. The maximum absolute atomic E-state index is 6.02. The third-order valence-electron chi connectivity index (χ3n) is 3.88. The Labute approximate surface area is 99.1 Å². The van der Waals surface area contributed by atoms with E-state index in [0.717, 1.165) is 45.4 Å². The van der Waals surface area contributed by atoms with Crippen LogP contribution in [0.5, 0.6) is 0 Å². The molecule has 1 aliphatic carbocycles. The molecular formula is C13H25NO2. The highest BCUT2D eigenvalue weighted by Crippen LogP contribution is 2.26. The summed E-state index contributed by atoms with van der Waals surface area (Å²) in [6.07, 6.45) is 5.89. The van der Waals surface area contributed by atoms with Gasteiger partial charge >= 0.3 is 0 Å². The first-order valence-corrected chi connectivity index (χ1v) is 6.78. The summed E-state index contributed by atoms with van der Waals surface area (Å²) in [7, 11) is 0. The molecule has 94 valence electrons. The first-order chi connectivity index (χ1) is 7.86. The van der Waals surface area contributed by atoms with Crippen molar-refractivity contribution in [2.45, 2.75) is 38.7 Å². The molecule has 1 saturated heterocycles. The molecule has 0 bridgehead atoms. The predicted octanol–water partition coefficient (Wildman–Crippen LogP) is 1.91. The van der Waals surface area contributed by atoms with Crippen LogP contribution in [0.15, 0.2) is 0 Å². The lowest BCUT2D eigenvalue weighted by Gasteiger charge is -2.31. The van der Waals surface area contributed by atoms with Crippen LogP contribution in [-0.4, -0.2) is 50.5 Å². The predicted molar refractivity (Wildman–Crippen MR) is 64.6 cm³/mol. The molecule has 0 radical (unpaired) electrons. The van der Waals surface area contributed by atoms with Crippen LogP contribution < -0.4 is 0 Å². The van der Waals surface area contributed by atoms with Crippen LogP contribution in [0.3, 0.4) is 0 Å². The lowest BCUT2D eigenvalue weighted by Crippen LogP contribution is -2.39. The van der Waals surface area contributed by atoms with Crippen LogP contribution in [0.25, 0.3) is 0 Å². The zero-order valence-corrected chi connectivity index (χ0v) is 10.5. The van der Waals surface area contributed by atoms with Gasteiger partial charge < -0.3 is 9.47 Å². The van der Waals surface area contributed by atoms with E-state index in [1.165, 1.54) is 25.7 Å². The van der Waals surface area contributed by atoms with Gasteiger partial charge in [0.25, 0.3) is 0 Å². The molecule has 0 spiro atoms. The van der Waals surface area contributed by atoms with Gasteiger partial charge in [0.2, 0.25) is 0 Å². The molecule has 3 nitrogen and oxygen atoms in total. The fraction of sp³-hybridized carbons (Fsp3) is 1.00. The van der Waals surface area contributed by atoms with E-state index in [-0.39, 0.29) is 0 Å². The average molecular weight is 227 g/mol. The largest absolute Gasteiger partial charge is 0.379 e. The average Bonchev–Trinajstić information content (AvgIpc) is 2.33. The number of rotatable bonds is 4. The Balaban J connectivity index is 1.59. The number of morpholine rings is 1. The van der Waals surface area contributed by atoms with Crippen LogP contribution >= 0.6 is 0 Å². The number of ether oxygens (including phenoxy) is 2. The van der Waals surface area contributed by atoms with Crippen molar-refractivity contribution in [3.63, 3.8) is 0 Å². The second-order valence-corrected chi connectivity index (χ2v) is 5.12. The Morgan fingerprint density at radius 2 is 1.94 bits per heavy atom. The van der Waals surface area contributed by atoms with Crippen LogP contribution in [0, 0.1) is 5.92 Å². The van der Waals surface area contributed by atoms with Gasteiger partial charge in [-0.1, -0.05) is 19.8 Å². The molecule has 2 aliphatic rings. The molecule has 0 aromatic rings. The summed E-state index contributed by atoms with van der Waals surface area (Å²) in [6.45, 7) is 8.23. The summed E-state index contributed by atoms with van der Waals surface area (Å²) in [5.41, 5.74) is 0. The standard InChI is InChI=1S/C13H25NO2/c1-12-4-2-3-5-13(12)16-11-8-14-6-9-15-10-7-14/h12-13H,2-11H2,1H3/t12-,13+/m0/s1. The topological polar surface area (TPSA) is 21.7 Å². The first-order valence-electron chi connectivity index (χ1n) is 6.78. The minimum absolute atomic E-state index is 0.523. The molecule has 2 rings (SSSR count). The van der Waals surface area contributed by atoms with E-state index < -0.39 is 0 Å². The van der Waals surface area contributed by atoms with Crippen molar-refractivity contribution in [2.24, 2.45) is 5.92 Å². The molecule has 1 saturated carbocycles. The van der Waals surface area contributed by atoms with Gasteiger partial charge in [0.15, 0.2) is 0 Å². The molecule has 0 unspecified atom stereocenters.